The van der Waals surface area contributed by atoms with Gasteiger partial charge in [0.1, 0.15) is 6.61 Å². The molecule has 6 heteroatoms. The summed E-state index contributed by atoms with van der Waals surface area (Å²) in [6.45, 7) is 8.16. The first-order valence-electron chi connectivity index (χ1n) is 7.25. The lowest BCUT2D eigenvalue weighted by molar-refractivity contribution is 0.171. The number of aliphatic hydroxyl groups is 1. The second-order valence-corrected chi connectivity index (χ2v) is 7.82. The van der Waals surface area contributed by atoms with Crippen LogP contribution in [0.3, 0.4) is 0 Å². The van der Waals surface area contributed by atoms with E-state index in [2.05, 4.69) is 4.99 Å². The van der Waals surface area contributed by atoms with Gasteiger partial charge in [-0.15, -0.1) is 0 Å². The highest BCUT2D eigenvalue weighted by molar-refractivity contribution is 7.14. The van der Waals surface area contributed by atoms with Crippen LogP contribution in [0.4, 0.5) is 0 Å². The van der Waals surface area contributed by atoms with Gasteiger partial charge in [-0.2, -0.15) is 0 Å². The molecular weight excluding hydrogens is 300 g/mol. The van der Waals surface area contributed by atoms with Gasteiger partial charge < -0.3 is 9.84 Å². The van der Waals surface area contributed by atoms with Crippen LogP contribution in [0.5, 0.6) is 0 Å². The van der Waals surface area contributed by atoms with Crippen LogP contribution in [-0.2, 0) is 10.3 Å². The highest BCUT2D eigenvalue weighted by Crippen LogP contribution is 2.29. The maximum Gasteiger partial charge on any atom is 0.269 e. The Kier molecular flexibility index (Phi) is 3.41. The molecule has 0 bridgehead atoms. The van der Waals surface area contributed by atoms with Gasteiger partial charge in [0.25, 0.3) is 5.56 Å². The number of aliphatic hydroxyl groups excluding tert-OH is 1. The molecule has 118 valence electrons. The molecule has 1 N–H and O–H groups in total. The molecule has 0 atom stereocenters. The Morgan fingerprint density at radius 1 is 1.45 bits per heavy atom. The van der Waals surface area contributed by atoms with Gasteiger partial charge in [-0.3, -0.25) is 8.75 Å². The Morgan fingerprint density at radius 3 is 2.77 bits per heavy atom. The van der Waals surface area contributed by atoms with E-state index in [-0.39, 0.29) is 17.7 Å². The third-order valence-corrected chi connectivity index (χ3v) is 5.21. The van der Waals surface area contributed by atoms with Gasteiger partial charge in [0.05, 0.1) is 33.3 Å². The Labute approximate surface area is 133 Å². The van der Waals surface area contributed by atoms with E-state index in [4.69, 9.17) is 4.74 Å². The molecular formula is C16H20N2O3S. The lowest BCUT2D eigenvalue weighted by Crippen LogP contribution is -2.35. The van der Waals surface area contributed by atoms with Crippen molar-refractivity contribution < 1.29 is 9.84 Å². The fourth-order valence-electron chi connectivity index (χ4n) is 2.40. The number of rotatable bonds is 3. The summed E-state index contributed by atoms with van der Waals surface area (Å²) < 4.78 is 8.20. The zero-order valence-corrected chi connectivity index (χ0v) is 14.0. The van der Waals surface area contributed by atoms with Gasteiger partial charge in [0.2, 0.25) is 5.90 Å². The number of hydrogen-bond donors (Lipinski definition) is 1. The molecule has 0 spiro atoms. The summed E-state index contributed by atoms with van der Waals surface area (Å²) in [4.78, 5) is 17.2. The predicted molar refractivity (Wildman–Crippen MR) is 89.1 cm³/mol. The van der Waals surface area contributed by atoms with Crippen LogP contribution in [0.1, 0.15) is 33.3 Å². The summed E-state index contributed by atoms with van der Waals surface area (Å²) in [6, 6.07) is 5.58. The minimum atomic E-state index is -0.629. The van der Waals surface area contributed by atoms with Gasteiger partial charge in [-0.05, 0) is 39.8 Å². The molecule has 2 heterocycles. The summed E-state index contributed by atoms with van der Waals surface area (Å²) >= 11 is 1.35. The third-order valence-electron chi connectivity index (χ3n) is 3.75. The van der Waals surface area contributed by atoms with Crippen LogP contribution in [0.2, 0.25) is 0 Å². The molecule has 0 saturated heterocycles. The van der Waals surface area contributed by atoms with Crippen molar-refractivity contribution in [3.05, 3.63) is 34.1 Å². The fourth-order valence-corrected chi connectivity index (χ4v) is 3.58. The molecule has 0 unspecified atom stereocenters. The summed E-state index contributed by atoms with van der Waals surface area (Å²) in [5.74, 6) is 0.589. The molecule has 2 aromatic rings. The number of hydrogen-bond acceptors (Lipinski definition) is 5. The number of ether oxygens (including phenoxy) is 1. The molecule has 0 saturated carbocycles. The summed E-state index contributed by atoms with van der Waals surface area (Å²) in [6.07, 6.45) is 0. The average Bonchev–Trinajstić information content (AvgIpc) is 3.00. The first-order valence-corrected chi connectivity index (χ1v) is 8.02. The smallest absolute Gasteiger partial charge is 0.269 e. The molecule has 0 fully saturated rings. The van der Waals surface area contributed by atoms with E-state index in [1.54, 1.807) is 3.96 Å². The van der Waals surface area contributed by atoms with Gasteiger partial charge in [0, 0.05) is 0 Å². The van der Waals surface area contributed by atoms with Crippen LogP contribution in [0.25, 0.3) is 10.1 Å². The minimum Gasteiger partial charge on any atom is -0.475 e. The number of nitrogens with zero attached hydrogens (tertiary/aromatic N) is 2. The largest absolute Gasteiger partial charge is 0.475 e. The molecule has 1 aromatic carbocycles. The number of benzene rings is 1. The molecule has 0 aliphatic carbocycles. The van der Waals surface area contributed by atoms with Crippen molar-refractivity contribution in [3.8, 4) is 0 Å². The van der Waals surface area contributed by atoms with Crippen molar-refractivity contribution in [3.63, 3.8) is 0 Å². The molecule has 1 aliphatic rings. The van der Waals surface area contributed by atoms with Crippen molar-refractivity contribution >= 4 is 27.5 Å². The van der Waals surface area contributed by atoms with E-state index in [0.717, 1.165) is 10.3 Å². The highest BCUT2D eigenvalue weighted by atomic mass is 32.1. The first kappa shape index (κ1) is 15.2. The lowest BCUT2D eigenvalue weighted by atomic mass is 10.1. The molecule has 5 nitrogen and oxygen atoms in total. The zero-order valence-electron chi connectivity index (χ0n) is 13.2. The zero-order chi connectivity index (χ0) is 16.1. The van der Waals surface area contributed by atoms with Gasteiger partial charge in [-0.25, -0.2) is 4.99 Å². The summed E-state index contributed by atoms with van der Waals surface area (Å²) in [5.41, 5.74) is -0.109. The summed E-state index contributed by atoms with van der Waals surface area (Å²) in [7, 11) is 0. The highest BCUT2D eigenvalue weighted by Gasteiger charge is 2.30. The van der Waals surface area contributed by atoms with Crippen LogP contribution in [0.15, 0.2) is 28.0 Å². The Hall–Kier alpha value is -1.66. The fraction of sp³-hybridized carbons (Fsp3) is 0.500. The summed E-state index contributed by atoms with van der Waals surface area (Å²) in [5, 5.41) is 10.2. The van der Waals surface area contributed by atoms with E-state index in [1.807, 2.05) is 45.9 Å². The first-order chi connectivity index (χ1) is 10.2. The molecule has 3 rings (SSSR count). The standard InChI is InChI=1S/C16H20N2O3S/c1-15(2)9-21-13(17-15)10-6-5-7-11-12(10)22-18(14(11)20)16(3,4)8-19/h5-7,19H,8-9H2,1-4H3. The third kappa shape index (κ3) is 2.36. The van der Waals surface area contributed by atoms with E-state index in [1.165, 1.54) is 11.5 Å². The van der Waals surface area contributed by atoms with Crippen molar-refractivity contribution in [1.82, 2.24) is 3.96 Å². The second-order valence-electron chi connectivity index (χ2n) is 6.86. The number of aromatic nitrogens is 1. The monoisotopic (exact) mass is 320 g/mol. The maximum absolute atomic E-state index is 12.6. The molecule has 0 radical (unpaired) electrons. The number of fused-ring (bicyclic) bond motifs is 1. The normalized spacial score (nSPS) is 17.6. The quantitative estimate of drug-likeness (QED) is 0.944. The maximum atomic E-state index is 12.6. The van der Waals surface area contributed by atoms with E-state index in [9.17, 15) is 9.90 Å². The molecule has 22 heavy (non-hydrogen) atoms. The van der Waals surface area contributed by atoms with Crippen LogP contribution in [0, 0.1) is 0 Å². The Morgan fingerprint density at radius 2 is 2.18 bits per heavy atom. The van der Waals surface area contributed by atoms with E-state index < -0.39 is 5.54 Å². The Balaban J connectivity index is 2.23. The van der Waals surface area contributed by atoms with E-state index in [0.29, 0.717) is 17.9 Å². The van der Waals surface area contributed by atoms with Gasteiger partial charge >= 0.3 is 0 Å². The van der Waals surface area contributed by atoms with Crippen molar-refractivity contribution in [2.24, 2.45) is 4.99 Å². The molecule has 1 aromatic heterocycles. The topological polar surface area (TPSA) is 63.8 Å². The van der Waals surface area contributed by atoms with E-state index >= 15 is 0 Å². The van der Waals surface area contributed by atoms with Crippen LogP contribution >= 0.6 is 11.5 Å². The molecule has 1 aliphatic heterocycles. The van der Waals surface area contributed by atoms with Crippen molar-refractivity contribution in [2.45, 2.75) is 38.8 Å². The Bertz CT molecular complexity index is 814. The van der Waals surface area contributed by atoms with Crippen LogP contribution in [-0.4, -0.2) is 33.7 Å². The minimum absolute atomic E-state index is 0.0845. The SMILES string of the molecule is CC1(C)COC(c2cccc3c(=O)n(C(C)(C)CO)sc23)=N1. The lowest BCUT2D eigenvalue weighted by Gasteiger charge is -2.21. The van der Waals surface area contributed by atoms with Gasteiger partial charge in [0.15, 0.2) is 0 Å². The van der Waals surface area contributed by atoms with Crippen molar-refractivity contribution in [2.75, 3.05) is 13.2 Å². The second kappa shape index (κ2) is 4.93. The number of aliphatic imine (C=N–C) groups is 1. The predicted octanol–water partition coefficient (Wildman–Crippen LogP) is 2.35. The average molecular weight is 320 g/mol. The van der Waals surface area contributed by atoms with Crippen molar-refractivity contribution in [1.29, 1.82) is 0 Å². The van der Waals surface area contributed by atoms with Gasteiger partial charge in [-0.1, -0.05) is 17.6 Å². The molecule has 0 amide bonds. The van der Waals surface area contributed by atoms with Crippen LogP contribution < -0.4 is 5.56 Å².